The Morgan fingerprint density at radius 3 is 2.60 bits per heavy atom. The molecule has 0 amide bonds. The standard InChI is InChI=1S/C16H22N2O2/c1-3-9-19-15-7-5-13(6-8-15)10-17-12-16-18-11-14(4-2)20-16/h5-8,11,17H,3-4,9-10,12H2,1-2H3. The SMILES string of the molecule is CCCOc1ccc(CNCc2ncc(CC)o2)cc1. The van der Waals surface area contributed by atoms with Crippen molar-refractivity contribution >= 4 is 0 Å². The van der Waals surface area contributed by atoms with Crippen LogP contribution in [0.3, 0.4) is 0 Å². The van der Waals surface area contributed by atoms with E-state index in [1.54, 1.807) is 6.20 Å². The fraction of sp³-hybridized carbons (Fsp3) is 0.438. The summed E-state index contributed by atoms with van der Waals surface area (Å²) in [5.74, 6) is 2.60. The summed E-state index contributed by atoms with van der Waals surface area (Å²) in [6.45, 7) is 6.36. The lowest BCUT2D eigenvalue weighted by Crippen LogP contribution is -2.12. The molecule has 4 heteroatoms. The van der Waals surface area contributed by atoms with Gasteiger partial charge in [0.05, 0.1) is 19.3 Å². The zero-order chi connectivity index (χ0) is 14.2. The molecule has 108 valence electrons. The number of nitrogens with zero attached hydrogens (tertiary/aromatic N) is 1. The predicted molar refractivity (Wildman–Crippen MR) is 78.7 cm³/mol. The van der Waals surface area contributed by atoms with Crippen molar-refractivity contribution < 1.29 is 9.15 Å². The summed E-state index contributed by atoms with van der Waals surface area (Å²) in [6.07, 6.45) is 3.70. The Hall–Kier alpha value is -1.81. The van der Waals surface area contributed by atoms with E-state index in [4.69, 9.17) is 9.15 Å². The second kappa shape index (κ2) is 7.70. The summed E-state index contributed by atoms with van der Waals surface area (Å²) in [4.78, 5) is 4.22. The van der Waals surface area contributed by atoms with Crippen LogP contribution in [0.4, 0.5) is 0 Å². The zero-order valence-corrected chi connectivity index (χ0v) is 12.2. The smallest absolute Gasteiger partial charge is 0.208 e. The maximum Gasteiger partial charge on any atom is 0.208 e. The quantitative estimate of drug-likeness (QED) is 0.802. The number of hydrogen-bond donors (Lipinski definition) is 1. The molecule has 20 heavy (non-hydrogen) atoms. The summed E-state index contributed by atoms with van der Waals surface area (Å²) in [7, 11) is 0. The Bertz CT molecular complexity index is 505. The third kappa shape index (κ3) is 4.38. The fourth-order valence-electron chi connectivity index (χ4n) is 1.83. The molecule has 1 heterocycles. The number of nitrogens with one attached hydrogen (secondary N) is 1. The molecule has 0 spiro atoms. The molecule has 0 aliphatic rings. The second-order valence-corrected chi connectivity index (χ2v) is 4.67. The largest absolute Gasteiger partial charge is 0.494 e. The lowest BCUT2D eigenvalue weighted by atomic mass is 10.2. The molecule has 0 radical (unpaired) electrons. The van der Waals surface area contributed by atoms with E-state index in [0.717, 1.165) is 43.4 Å². The first kappa shape index (κ1) is 14.6. The van der Waals surface area contributed by atoms with Gasteiger partial charge in [-0.05, 0) is 24.1 Å². The molecule has 2 aromatic rings. The molecule has 1 aromatic carbocycles. The van der Waals surface area contributed by atoms with E-state index in [1.807, 2.05) is 12.1 Å². The minimum Gasteiger partial charge on any atom is -0.494 e. The van der Waals surface area contributed by atoms with Crippen LogP contribution in [0.1, 0.15) is 37.5 Å². The molecule has 1 aromatic heterocycles. The van der Waals surface area contributed by atoms with Crippen molar-refractivity contribution in [2.24, 2.45) is 0 Å². The van der Waals surface area contributed by atoms with E-state index >= 15 is 0 Å². The summed E-state index contributed by atoms with van der Waals surface area (Å²) in [6, 6.07) is 8.16. The van der Waals surface area contributed by atoms with Crippen LogP contribution < -0.4 is 10.1 Å². The Morgan fingerprint density at radius 1 is 1.15 bits per heavy atom. The maximum atomic E-state index is 5.55. The molecule has 0 bridgehead atoms. The molecule has 1 N–H and O–H groups in total. The molecule has 0 aliphatic carbocycles. The van der Waals surface area contributed by atoms with Crippen molar-refractivity contribution in [2.45, 2.75) is 39.8 Å². The average molecular weight is 274 g/mol. The number of aromatic nitrogens is 1. The van der Waals surface area contributed by atoms with Gasteiger partial charge in [-0.15, -0.1) is 0 Å². The van der Waals surface area contributed by atoms with Gasteiger partial charge >= 0.3 is 0 Å². The molecular formula is C16H22N2O2. The first-order valence-corrected chi connectivity index (χ1v) is 7.17. The van der Waals surface area contributed by atoms with E-state index in [9.17, 15) is 0 Å². The number of ether oxygens (including phenoxy) is 1. The first-order chi connectivity index (χ1) is 9.81. The number of aryl methyl sites for hydroxylation is 1. The maximum absolute atomic E-state index is 5.55. The minimum atomic E-state index is 0.647. The van der Waals surface area contributed by atoms with E-state index in [0.29, 0.717) is 6.54 Å². The highest BCUT2D eigenvalue weighted by molar-refractivity contribution is 5.27. The van der Waals surface area contributed by atoms with Gasteiger partial charge in [-0.1, -0.05) is 26.0 Å². The van der Waals surface area contributed by atoms with E-state index in [-0.39, 0.29) is 0 Å². The number of rotatable bonds is 8. The van der Waals surface area contributed by atoms with Crippen LogP contribution in [0.25, 0.3) is 0 Å². The van der Waals surface area contributed by atoms with Crippen molar-refractivity contribution in [3.05, 3.63) is 47.7 Å². The summed E-state index contributed by atoms with van der Waals surface area (Å²) >= 11 is 0. The van der Waals surface area contributed by atoms with Gasteiger partial charge in [0.25, 0.3) is 0 Å². The van der Waals surface area contributed by atoms with Crippen molar-refractivity contribution in [1.82, 2.24) is 10.3 Å². The Balaban J connectivity index is 1.76. The number of oxazole rings is 1. The molecule has 0 saturated carbocycles. The van der Waals surface area contributed by atoms with Crippen LogP contribution >= 0.6 is 0 Å². The zero-order valence-electron chi connectivity index (χ0n) is 12.2. The highest BCUT2D eigenvalue weighted by Crippen LogP contribution is 2.12. The third-order valence-electron chi connectivity index (χ3n) is 2.95. The van der Waals surface area contributed by atoms with Crippen molar-refractivity contribution in [3.63, 3.8) is 0 Å². The van der Waals surface area contributed by atoms with Gasteiger partial charge < -0.3 is 14.5 Å². The van der Waals surface area contributed by atoms with Gasteiger partial charge in [0.1, 0.15) is 11.5 Å². The fourth-order valence-corrected chi connectivity index (χ4v) is 1.83. The van der Waals surface area contributed by atoms with Crippen molar-refractivity contribution in [1.29, 1.82) is 0 Å². The summed E-state index contributed by atoms with van der Waals surface area (Å²) in [5, 5.41) is 3.32. The first-order valence-electron chi connectivity index (χ1n) is 7.17. The van der Waals surface area contributed by atoms with Gasteiger partial charge in [0.15, 0.2) is 0 Å². The lowest BCUT2D eigenvalue weighted by Gasteiger charge is -2.06. The Morgan fingerprint density at radius 2 is 1.95 bits per heavy atom. The van der Waals surface area contributed by atoms with E-state index < -0.39 is 0 Å². The van der Waals surface area contributed by atoms with Crippen molar-refractivity contribution in [2.75, 3.05) is 6.61 Å². The number of hydrogen-bond acceptors (Lipinski definition) is 4. The molecule has 0 aliphatic heterocycles. The predicted octanol–water partition coefficient (Wildman–Crippen LogP) is 3.32. The Labute approximate surface area is 120 Å². The molecule has 2 rings (SSSR count). The topological polar surface area (TPSA) is 47.3 Å². The van der Waals surface area contributed by atoms with Crippen LogP contribution in [0, 0.1) is 0 Å². The highest BCUT2D eigenvalue weighted by Gasteiger charge is 2.02. The van der Waals surface area contributed by atoms with E-state index in [1.165, 1.54) is 5.56 Å². The molecule has 0 fully saturated rings. The van der Waals surface area contributed by atoms with Crippen LogP contribution in [0.2, 0.25) is 0 Å². The molecule has 0 unspecified atom stereocenters. The van der Waals surface area contributed by atoms with Gasteiger partial charge in [-0.3, -0.25) is 0 Å². The minimum absolute atomic E-state index is 0.647. The molecule has 0 atom stereocenters. The van der Waals surface area contributed by atoms with Crippen LogP contribution in [-0.4, -0.2) is 11.6 Å². The second-order valence-electron chi connectivity index (χ2n) is 4.67. The van der Waals surface area contributed by atoms with Gasteiger partial charge in [0, 0.05) is 13.0 Å². The molecular weight excluding hydrogens is 252 g/mol. The Kier molecular flexibility index (Phi) is 5.62. The van der Waals surface area contributed by atoms with Crippen LogP contribution in [0.15, 0.2) is 34.9 Å². The molecule has 4 nitrogen and oxygen atoms in total. The van der Waals surface area contributed by atoms with Crippen molar-refractivity contribution in [3.8, 4) is 5.75 Å². The summed E-state index contributed by atoms with van der Waals surface area (Å²) in [5.41, 5.74) is 1.22. The average Bonchev–Trinajstić information content (AvgIpc) is 2.94. The van der Waals surface area contributed by atoms with Gasteiger partial charge in [-0.25, -0.2) is 4.98 Å². The highest BCUT2D eigenvalue weighted by atomic mass is 16.5. The van der Waals surface area contributed by atoms with Gasteiger partial charge in [0.2, 0.25) is 5.89 Å². The normalized spacial score (nSPS) is 10.7. The third-order valence-corrected chi connectivity index (χ3v) is 2.95. The van der Waals surface area contributed by atoms with E-state index in [2.05, 4.69) is 36.3 Å². The molecule has 0 saturated heterocycles. The van der Waals surface area contributed by atoms with Crippen LogP contribution in [0.5, 0.6) is 5.75 Å². The summed E-state index contributed by atoms with van der Waals surface area (Å²) < 4.78 is 11.1. The number of benzene rings is 1. The monoisotopic (exact) mass is 274 g/mol. The van der Waals surface area contributed by atoms with Crippen LogP contribution in [-0.2, 0) is 19.5 Å². The lowest BCUT2D eigenvalue weighted by molar-refractivity contribution is 0.317. The van der Waals surface area contributed by atoms with Gasteiger partial charge in [-0.2, -0.15) is 0 Å².